The first-order chi connectivity index (χ1) is 18.8. The third-order valence-corrected chi connectivity index (χ3v) is 8.13. The summed E-state index contributed by atoms with van der Waals surface area (Å²) < 4.78 is 1.85. The molecule has 2 heterocycles. The number of carbonyl (C=O) groups excluding carboxylic acids is 2. The number of rotatable bonds is 7. The molecule has 0 aliphatic carbocycles. The van der Waals surface area contributed by atoms with Gasteiger partial charge in [0.15, 0.2) is 0 Å². The highest BCUT2D eigenvalue weighted by molar-refractivity contribution is 8.00. The van der Waals surface area contributed by atoms with E-state index >= 15 is 0 Å². The van der Waals surface area contributed by atoms with E-state index in [2.05, 4.69) is 38.2 Å². The molecule has 3 aromatic carbocycles. The van der Waals surface area contributed by atoms with Gasteiger partial charge in [0.25, 0.3) is 0 Å². The van der Waals surface area contributed by atoms with Crippen molar-refractivity contribution in [2.24, 2.45) is 5.92 Å². The van der Waals surface area contributed by atoms with Crippen molar-refractivity contribution in [3.8, 4) is 16.9 Å². The predicted octanol–water partition coefficient (Wildman–Crippen LogP) is 6.10. The van der Waals surface area contributed by atoms with Gasteiger partial charge in [-0.3, -0.25) is 14.5 Å². The molecule has 1 atom stereocenters. The molecule has 1 aromatic heterocycles. The first kappa shape index (κ1) is 26.8. The first-order valence-corrected chi connectivity index (χ1v) is 14.4. The lowest BCUT2D eigenvalue weighted by Crippen LogP contribution is -2.43. The van der Waals surface area contributed by atoms with E-state index in [1.807, 2.05) is 78.3 Å². The average molecular weight is 539 g/mol. The lowest BCUT2D eigenvalue weighted by molar-refractivity contribution is -0.123. The molecule has 200 valence electrons. The Morgan fingerprint density at radius 3 is 2.38 bits per heavy atom. The van der Waals surface area contributed by atoms with Crippen molar-refractivity contribution in [3.63, 3.8) is 0 Å². The number of thioether (sulfide) groups is 1. The lowest BCUT2D eigenvalue weighted by atomic mass is 9.97. The van der Waals surface area contributed by atoms with Gasteiger partial charge in [0.05, 0.1) is 22.4 Å². The van der Waals surface area contributed by atoms with Gasteiger partial charge in [-0.15, -0.1) is 11.8 Å². The van der Waals surface area contributed by atoms with Crippen LogP contribution in [0, 0.1) is 19.8 Å². The average Bonchev–Trinajstić information content (AvgIpc) is 3.26. The van der Waals surface area contributed by atoms with Crippen LogP contribution in [0.1, 0.15) is 41.4 Å². The Bertz CT molecular complexity index is 1480. The fourth-order valence-electron chi connectivity index (χ4n) is 4.84. The molecule has 6 nitrogen and oxygen atoms in total. The van der Waals surface area contributed by atoms with Crippen molar-refractivity contribution in [1.82, 2.24) is 15.1 Å². The van der Waals surface area contributed by atoms with Gasteiger partial charge >= 0.3 is 0 Å². The highest BCUT2D eigenvalue weighted by Crippen LogP contribution is 2.49. The molecule has 0 saturated carbocycles. The minimum absolute atomic E-state index is 0.0641. The Morgan fingerprint density at radius 2 is 1.69 bits per heavy atom. The topological polar surface area (TPSA) is 67.2 Å². The van der Waals surface area contributed by atoms with Crippen molar-refractivity contribution < 1.29 is 9.59 Å². The standard InChI is InChI=1S/C32H34N4O2S/c1-21(2)18-33-27(37)19-35-28(38)20-39-31(26-13-9-8-10-23(26)4)29-30(24-11-6-5-7-12-24)34-36(32(29)35)25-16-14-22(3)15-17-25/h5-17,21,31H,18-20H2,1-4H3,(H,33,37)/t31-/m0/s1. The van der Waals surface area contributed by atoms with Crippen LogP contribution in [0.5, 0.6) is 0 Å². The van der Waals surface area contributed by atoms with E-state index in [1.165, 1.54) is 0 Å². The van der Waals surface area contributed by atoms with Crippen molar-refractivity contribution >= 4 is 29.4 Å². The zero-order valence-electron chi connectivity index (χ0n) is 22.8. The lowest BCUT2D eigenvalue weighted by Gasteiger charge is -2.23. The number of amides is 2. The highest BCUT2D eigenvalue weighted by atomic mass is 32.2. The number of hydrogen-bond acceptors (Lipinski definition) is 4. The second-order valence-electron chi connectivity index (χ2n) is 10.4. The maximum Gasteiger partial charge on any atom is 0.240 e. The molecule has 0 fully saturated rings. The van der Waals surface area contributed by atoms with Crippen LogP contribution in [0.2, 0.25) is 0 Å². The third kappa shape index (κ3) is 5.64. The Balaban J connectivity index is 1.77. The SMILES string of the molecule is Cc1ccc(-n2nc(-c3ccccc3)c3c2N(CC(=O)NCC(C)C)C(=O)CS[C@H]3c2ccccc2C)cc1. The second kappa shape index (κ2) is 11.5. The molecular weight excluding hydrogens is 504 g/mol. The maximum absolute atomic E-state index is 13.8. The molecule has 0 spiro atoms. The number of anilines is 1. The Labute approximate surface area is 234 Å². The number of aromatic nitrogens is 2. The molecule has 2 amide bonds. The summed E-state index contributed by atoms with van der Waals surface area (Å²) in [7, 11) is 0. The molecule has 1 N–H and O–H groups in total. The minimum atomic E-state index is -0.180. The summed E-state index contributed by atoms with van der Waals surface area (Å²) in [5, 5.41) is 8.01. The Morgan fingerprint density at radius 1 is 1.00 bits per heavy atom. The largest absolute Gasteiger partial charge is 0.354 e. The molecule has 0 unspecified atom stereocenters. The van der Waals surface area contributed by atoms with E-state index in [-0.39, 0.29) is 29.4 Å². The van der Waals surface area contributed by atoms with Gasteiger partial charge in [0.2, 0.25) is 11.8 Å². The number of nitrogens with zero attached hydrogens (tertiary/aromatic N) is 3. The smallest absolute Gasteiger partial charge is 0.240 e. The van der Waals surface area contributed by atoms with Gasteiger partial charge in [0.1, 0.15) is 12.4 Å². The van der Waals surface area contributed by atoms with Crippen molar-refractivity contribution in [1.29, 1.82) is 0 Å². The van der Waals surface area contributed by atoms with Crippen molar-refractivity contribution in [3.05, 3.63) is 101 Å². The molecule has 7 heteroatoms. The normalized spacial score (nSPS) is 15.3. The number of hydrogen-bond donors (Lipinski definition) is 1. The van der Waals surface area contributed by atoms with E-state index in [0.29, 0.717) is 18.3 Å². The van der Waals surface area contributed by atoms with Crippen LogP contribution in [0.15, 0.2) is 78.9 Å². The monoisotopic (exact) mass is 538 g/mol. The van der Waals surface area contributed by atoms with Gasteiger partial charge in [-0.2, -0.15) is 5.10 Å². The summed E-state index contributed by atoms with van der Waals surface area (Å²) in [6, 6.07) is 26.5. The van der Waals surface area contributed by atoms with Gasteiger partial charge in [-0.05, 0) is 43.0 Å². The predicted molar refractivity (Wildman–Crippen MR) is 159 cm³/mol. The van der Waals surface area contributed by atoms with Crippen LogP contribution in [-0.2, 0) is 9.59 Å². The minimum Gasteiger partial charge on any atom is -0.354 e. The zero-order chi connectivity index (χ0) is 27.5. The maximum atomic E-state index is 13.8. The molecule has 0 bridgehead atoms. The summed E-state index contributed by atoms with van der Waals surface area (Å²) >= 11 is 1.59. The fourth-order valence-corrected chi connectivity index (χ4v) is 6.13. The third-order valence-electron chi connectivity index (χ3n) is 6.89. The summed E-state index contributed by atoms with van der Waals surface area (Å²) in [5.74, 6) is 0.937. The van der Waals surface area contributed by atoms with E-state index in [1.54, 1.807) is 16.7 Å². The van der Waals surface area contributed by atoms with Crippen molar-refractivity contribution in [2.45, 2.75) is 32.9 Å². The second-order valence-corrected chi connectivity index (χ2v) is 11.5. The number of fused-ring (bicyclic) bond motifs is 1. The van der Waals surface area contributed by atoms with Crippen molar-refractivity contribution in [2.75, 3.05) is 23.7 Å². The van der Waals surface area contributed by atoms with Crippen LogP contribution >= 0.6 is 11.8 Å². The number of benzene rings is 3. The van der Waals surface area contributed by atoms with Crippen LogP contribution in [-0.4, -0.2) is 40.4 Å². The fraction of sp³-hybridized carbons (Fsp3) is 0.281. The number of aryl methyl sites for hydroxylation is 2. The summed E-state index contributed by atoms with van der Waals surface area (Å²) in [6.07, 6.45) is 0. The molecule has 0 saturated heterocycles. The molecule has 0 radical (unpaired) electrons. The van der Waals surface area contributed by atoms with Gasteiger partial charge < -0.3 is 5.32 Å². The summed E-state index contributed by atoms with van der Waals surface area (Å²) in [6.45, 7) is 8.75. The van der Waals surface area contributed by atoms with Gasteiger partial charge in [-0.25, -0.2) is 4.68 Å². The van der Waals surface area contributed by atoms with Crippen LogP contribution in [0.25, 0.3) is 16.9 Å². The van der Waals surface area contributed by atoms with E-state index in [0.717, 1.165) is 39.2 Å². The highest BCUT2D eigenvalue weighted by Gasteiger charge is 2.38. The molecule has 1 aliphatic rings. The van der Waals surface area contributed by atoms with Gasteiger partial charge in [0, 0.05) is 17.7 Å². The molecule has 1 aliphatic heterocycles. The number of carbonyl (C=O) groups is 2. The van der Waals surface area contributed by atoms with Gasteiger partial charge in [-0.1, -0.05) is 86.1 Å². The summed E-state index contributed by atoms with van der Waals surface area (Å²) in [5.41, 5.74) is 7.00. The summed E-state index contributed by atoms with van der Waals surface area (Å²) in [4.78, 5) is 28.5. The molecule has 5 rings (SSSR count). The Kier molecular flexibility index (Phi) is 7.89. The zero-order valence-corrected chi connectivity index (χ0v) is 23.7. The van der Waals surface area contributed by atoms with Crippen LogP contribution < -0.4 is 10.2 Å². The van der Waals surface area contributed by atoms with E-state index < -0.39 is 0 Å². The van der Waals surface area contributed by atoms with Crippen LogP contribution in [0.4, 0.5) is 5.82 Å². The van der Waals surface area contributed by atoms with Crippen LogP contribution in [0.3, 0.4) is 0 Å². The van der Waals surface area contributed by atoms with E-state index in [9.17, 15) is 9.59 Å². The Hall–Kier alpha value is -3.84. The van der Waals surface area contributed by atoms with E-state index in [4.69, 9.17) is 5.10 Å². The molecular formula is C32H34N4O2S. The molecule has 39 heavy (non-hydrogen) atoms. The first-order valence-electron chi connectivity index (χ1n) is 13.3. The quantitative estimate of drug-likeness (QED) is 0.309. The molecule has 4 aromatic rings. The number of nitrogens with one attached hydrogen (secondary N) is 1.